The van der Waals surface area contributed by atoms with Crippen LogP contribution < -0.4 is 0 Å². The van der Waals surface area contributed by atoms with E-state index >= 15 is 0 Å². The Morgan fingerprint density at radius 2 is 2.06 bits per heavy atom. The quantitative estimate of drug-likeness (QED) is 0.764. The van der Waals surface area contributed by atoms with Gasteiger partial charge in [0.1, 0.15) is 0 Å². The van der Waals surface area contributed by atoms with Crippen LogP contribution in [0.5, 0.6) is 0 Å². The van der Waals surface area contributed by atoms with Gasteiger partial charge in [0.05, 0.1) is 6.10 Å². The van der Waals surface area contributed by atoms with Crippen molar-refractivity contribution in [2.45, 2.75) is 58.5 Å². The van der Waals surface area contributed by atoms with Crippen LogP contribution in [-0.4, -0.2) is 11.2 Å². The summed E-state index contributed by atoms with van der Waals surface area (Å²) in [4.78, 5) is 0. The third-order valence-electron chi connectivity index (χ3n) is 4.56. The van der Waals surface area contributed by atoms with Gasteiger partial charge < -0.3 is 5.11 Å². The Morgan fingerprint density at radius 1 is 1.33 bits per heavy atom. The van der Waals surface area contributed by atoms with Gasteiger partial charge >= 0.3 is 0 Å². The molecule has 0 spiro atoms. The zero-order chi connectivity index (χ0) is 13.0. The molecule has 0 bridgehead atoms. The number of aliphatic hydroxyl groups excluding tert-OH is 1. The van der Waals surface area contributed by atoms with Gasteiger partial charge in [-0.2, -0.15) is 0 Å². The van der Waals surface area contributed by atoms with Gasteiger partial charge in [-0.15, -0.1) is 0 Å². The van der Waals surface area contributed by atoms with Gasteiger partial charge in [-0.3, -0.25) is 0 Å². The highest BCUT2D eigenvalue weighted by atomic mass is 16.3. The molecule has 2 rings (SSSR count). The molecule has 1 aliphatic carbocycles. The summed E-state index contributed by atoms with van der Waals surface area (Å²) in [5, 5.41) is 10.3. The molecule has 100 valence electrons. The summed E-state index contributed by atoms with van der Waals surface area (Å²) in [6.07, 6.45) is 6.89. The molecular formula is C17H26O. The van der Waals surface area contributed by atoms with Crippen LogP contribution >= 0.6 is 0 Å². The topological polar surface area (TPSA) is 20.2 Å². The SMILES string of the molecule is CCCC[C@]1(C)C[C@H]1[C@H](O)CCc1ccccc1. The van der Waals surface area contributed by atoms with E-state index in [0.717, 1.165) is 12.8 Å². The fourth-order valence-corrected chi connectivity index (χ4v) is 3.07. The lowest BCUT2D eigenvalue weighted by Gasteiger charge is -2.15. The average molecular weight is 246 g/mol. The predicted octanol–water partition coefficient (Wildman–Crippen LogP) is 4.20. The van der Waals surface area contributed by atoms with Crippen molar-refractivity contribution >= 4 is 0 Å². The molecule has 0 amide bonds. The van der Waals surface area contributed by atoms with Crippen molar-refractivity contribution in [3.05, 3.63) is 35.9 Å². The van der Waals surface area contributed by atoms with E-state index in [1.54, 1.807) is 0 Å². The van der Waals surface area contributed by atoms with Gasteiger partial charge in [-0.1, -0.05) is 57.0 Å². The van der Waals surface area contributed by atoms with E-state index < -0.39 is 0 Å². The smallest absolute Gasteiger partial charge is 0.0577 e. The van der Waals surface area contributed by atoms with Crippen molar-refractivity contribution in [3.8, 4) is 0 Å². The standard InChI is InChI=1S/C17H26O/c1-3-4-12-17(2)13-15(17)16(18)11-10-14-8-6-5-7-9-14/h5-9,15-16,18H,3-4,10-13H2,1-2H3/t15-,16+,17+/m0/s1. The monoisotopic (exact) mass is 246 g/mol. The van der Waals surface area contributed by atoms with Crippen LogP contribution in [0.3, 0.4) is 0 Å². The molecule has 0 aromatic heterocycles. The van der Waals surface area contributed by atoms with Gasteiger partial charge in [0.2, 0.25) is 0 Å². The molecule has 1 aromatic carbocycles. The van der Waals surface area contributed by atoms with E-state index in [2.05, 4.69) is 38.1 Å². The summed E-state index contributed by atoms with van der Waals surface area (Å²) in [5.74, 6) is 0.549. The Morgan fingerprint density at radius 3 is 2.72 bits per heavy atom. The zero-order valence-electron chi connectivity index (χ0n) is 11.7. The fraction of sp³-hybridized carbons (Fsp3) is 0.647. The van der Waals surface area contributed by atoms with E-state index in [4.69, 9.17) is 0 Å². The van der Waals surface area contributed by atoms with Crippen LogP contribution in [0.4, 0.5) is 0 Å². The van der Waals surface area contributed by atoms with E-state index in [1.165, 1.54) is 31.2 Å². The summed E-state index contributed by atoms with van der Waals surface area (Å²) >= 11 is 0. The minimum Gasteiger partial charge on any atom is -0.393 e. The molecular weight excluding hydrogens is 220 g/mol. The van der Waals surface area contributed by atoms with Crippen molar-refractivity contribution in [1.82, 2.24) is 0 Å². The first-order valence-electron chi connectivity index (χ1n) is 7.38. The van der Waals surface area contributed by atoms with Crippen LogP contribution in [0.25, 0.3) is 0 Å². The second-order valence-corrected chi connectivity index (χ2v) is 6.16. The summed E-state index contributed by atoms with van der Waals surface area (Å²) in [6.45, 7) is 4.59. The number of rotatable bonds is 7. The summed E-state index contributed by atoms with van der Waals surface area (Å²) in [7, 11) is 0. The molecule has 18 heavy (non-hydrogen) atoms. The molecule has 1 saturated carbocycles. The largest absolute Gasteiger partial charge is 0.393 e. The molecule has 0 aliphatic heterocycles. The van der Waals surface area contributed by atoms with Crippen LogP contribution in [-0.2, 0) is 6.42 Å². The average Bonchev–Trinajstić information content (AvgIpc) is 3.08. The lowest BCUT2D eigenvalue weighted by Crippen LogP contribution is -2.15. The first-order valence-corrected chi connectivity index (χ1v) is 7.38. The minimum absolute atomic E-state index is 0.105. The summed E-state index contributed by atoms with van der Waals surface area (Å²) in [5.41, 5.74) is 1.78. The number of aliphatic hydroxyl groups is 1. The maximum Gasteiger partial charge on any atom is 0.0577 e. The lowest BCUT2D eigenvalue weighted by molar-refractivity contribution is 0.123. The third kappa shape index (κ3) is 3.35. The molecule has 0 unspecified atom stereocenters. The Labute approximate surface area is 111 Å². The van der Waals surface area contributed by atoms with E-state index in [9.17, 15) is 5.11 Å². The Kier molecular flexibility index (Phi) is 4.45. The van der Waals surface area contributed by atoms with Crippen molar-refractivity contribution in [1.29, 1.82) is 0 Å². The second-order valence-electron chi connectivity index (χ2n) is 6.16. The van der Waals surface area contributed by atoms with E-state index in [-0.39, 0.29) is 6.10 Å². The molecule has 1 fully saturated rings. The van der Waals surface area contributed by atoms with Crippen molar-refractivity contribution in [2.75, 3.05) is 0 Å². The lowest BCUT2D eigenvalue weighted by atomic mass is 9.94. The van der Waals surface area contributed by atoms with Gasteiger partial charge in [0.15, 0.2) is 0 Å². The normalized spacial score (nSPS) is 28.1. The molecule has 3 atom stereocenters. The number of aryl methyl sites for hydroxylation is 1. The summed E-state index contributed by atoms with van der Waals surface area (Å²) in [6, 6.07) is 10.5. The zero-order valence-corrected chi connectivity index (χ0v) is 11.7. The maximum atomic E-state index is 10.3. The number of hydrogen-bond donors (Lipinski definition) is 1. The molecule has 1 aliphatic rings. The highest BCUT2D eigenvalue weighted by molar-refractivity contribution is 5.15. The molecule has 1 aromatic rings. The molecule has 1 heteroatoms. The highest BCUT2D eigenvalue weighted by Gasteiger charge is 2.52. The number of hydrogen-bond acceptors (Lipinski definition) is 1. The second kappa shape index (κ2) is 5.88. The van der Waals surface area contributed by atoms with E-state index in [1.807, 2.05) is 6.07 Å². The molecule has 0 saturated heterocycles. The van der Waals surface area contributed by atoms with Gasteiger partial charge in [0, 0.05) is 0 Å². The van der Waals surface area contributed by atoms with Crippen LogP contribution in [0.2, 0.25) is 0 Å². The Bertz CT molecular complexity index is 359. The van der Waals surface area contributed by atoms with Crippen molar-refractivity contribution in [2.24, 2.45) is 11.3 Å². The molecule has 1 nitrogen and oxygen atoms in total. The first-order chi connectivity index (χ1) is 8.65. The Hall–Kier alpha value is -0.820. The van der Waals surface area contributed by atoms with Crippen molar-refractivity contribution < 1.29 is 5.11 Å². The predicted molar refractivity (Wildman–Crippen MR) is 76.5 cm³/mol. The van der Waals surface area contributed by atoms with Crippen LogP contribution in [0, 0.1) is 11.3 Å². The summed E-state index contributed by atoms with van der Waals surface area (Å²) < 4.78 is 0. The van der Waals surface area contributed by atoms with Gasteiger partial charge in [-0.25, -0.2) is 0 Å². The van der Waals surface area contributed by atoms with Crippen LogP contribution in [0.15, 0.2) is 30.3 Å². The molecule has 1 N–H and O–H groups in total. The number of unbranched alkanes of at least 4 members (excludes halogenated alkanes) is 1. The molecule has 0 radical (unpaired) electrons. The maximum absolute atomic E-state index is 10.3. The first kappa shape index (κ1) is 13.6. The van der Waals surface area contributed by atoms with Gasteiger partial charge in [-0.05, 0) is 42.6 Å². The Balaban J connectivity index is 1.75. The van der Waals surface area contributed by atoms with Crippen LogP contribution in [0.1, 0.15) is 51.5 Å². The third-order valence-corrected chi connectivity index (χ3v) is 4.56. The minimum atomic E-state index is -0.105. The van der Waals surface area contributed by atoms with Crippen molar-refractivity contribution in [3.63, 3.8) is 0 Å². The molecule has 0 heterocycles. The van der Waals surface area contributed by atoms with Gasteiger partial charge in [0.25, 0.3) is 0 Å². The highest BCUT2D eigenvalue weighted by Crippen LogP contribution is 2.57. The number of benzene rings is 1. The van der Waals surface area contributed by atoms with E-state index in [0.29, 0.717) is 11.3 Å². The fourth-order valence-electron chi connectivity index (χ4n) is 3.07.